The number of rotatable bonds is 2. The molecule has 0 spiro atoms. The van der Waals surface area contributed by atoms with Crippen molar-refractivity contribution in [3.63, 3.8) is 0 Å². The number of hydrogen-bond donors (Lipinski definition) is 1. The molecule has 1 N–H and O–H groups in total. The molecule has 0 amide bonds. The van der Waals surface area contributed by atoms with E-state index in [4.69, 9.17) is 5.11 Å². The van der Waals surface area contributed by atoms with Crippen molar-refractivity contribution in [1.82, 2.24) is 15.0 Å². The van der Waals surface area contributed by atoms with E-state index in [9.17, 15) is 4.79 Å². The second-order valence-electron chi connectivity index (χ2n) is 3.57. The third-order valence-electron chi connectivity index (χ3n) is 2.22. The first-order chi connectivity index (χ1) is 7.58. The zero-order valence-electron chi connectivity index (χ0n) is 9.01. The maximum Gasteiger partial charge on any atom is 0.358 e. The Bertz CT molecular complexity index is 546. The fourth-order valence-electron chi connectivity index (χ4n) is 1.44. The van der Waals surface area contributed by atoms with E-state index in [1.165, 1.54) is 4.80 Å². The monoisotopic (exact) mass is 217 g/mol. The van der Waals surface area contributed by atoms with Crippen LogP contribution in [0.2, 0.25) is 0 Å². The molecule has 1 aromatic heterocycles. The third kappa shape index (κ3) is 1.79. The minimum atomic E-state index is -1.06. The molecule has 82 valence electrons. The smallest absolute Gasteiger partial charge is 0.358 e. The molecule has 0 unspecified atom stereocenters. The molecule has 0 aliphatic carbocycles. The molecule has 0 saturated heterocycles. The highest BCUT2D eigenvalue weighted by Gasteiger charge is 2.14. The number of aromatic nitrogens is 3. The molecule has 1 heterocycles. The van der Waals surface area contributed by atoms with Crippen LogP contribution in [-0.4, -0.2) is 26.1 Å². The summed E-state index contributed by atoms with van der Waals surface area (Å²) in [4.78, 5) is 12.2. The summed E-state index contributed by atoms with van der Waals surface area (Å²) in [6.07, 6.45) is 0. The van der Waals surface area contributed by atoms with Crippen LogP contribution in [0.25, 0.3) is 5.69 Å². The van der Waals surface area contributed by atoms with Gasteiger partial charge in [-0.25, -0.2) is 4.79 Å². The van der Waals surface area contributed by atoms with Crippen molar-refractivity contribution in [2.45, 2.75) is 13.8 Å². The maximum atomic E-state index is 10.8. The summed E-state index contributed by atoms with van der Waals surface area (Å²) in [7, 11) is 0. The predicted molar refractivity (Wildman–Crippen MR) is 57.8 cm³/mol. The van der Waals surface area contributed by atoms with Gasteiger partial charge in [-0.2, -0.15) is 9.90 Å². The molecule has 2 rings (SSSR count). The molecule has 0 aliphatic heterocycles. The normalized spacial score (nSPS) is 10.4. The summed E-state index contributed by atoms with van der Waals surface area (Å²) in [5, 5.41) is 16.9. The molecule has 16 heavy (non-hydrogen) atoms. The van der Waals surface area contributed by atoms with Crippen LogP contribution in [0.4, 0.5) is 0 Å². The Hall–Kier alpha value is -2.17. The summed E-state index contributed by atoms with van der Waals surface area (Å²) in [5.41, 5.74) is 2.23. The van der Waals surface area contributed by atoms with Gasteiger partial charge in [0.05, 0.1) is 11.4 Å². The summed E-state index contributed by atoms with van der Waals surface area (Å²) in [6.45, 7) is 3.58. The molecule has 5 heteroatoms. The molecular weight excluding hydrogens is 206 g/mol. The molecule has 2 aromatic rings. The number of benzene rings is 1. The van der Waals surface area contributed by atoms with E-state index < -0.39 is 5.97 Å². The van der Waals surface area contributed by atoms with E-state index in [1.54, 1.807) is 6.92 Å². The molecule has 1 aromatic carbocycles. The van der Waals surface area contributed by atoms with Crippen molar-refractivity contribution >= 4 is 5.97 Å². The Kier molecular flexibility index (Phi) is 2.44. The number of carboxylic acids is 1. The second-order valence-corrected chi connectivity index (χ2v) is 3.57. The molecule has 0 atom stereocenters. The third-order valence-corrected chi connectivity index (χ3v) is 2.22. The van der Waals surface area contributed by atoms with Crippen molar-refractivity contribution in [3.8, 4) is 5.69 Å². The van der Waals surface area contributed by atoms with Crippen LogP contribution in [0.1, 0.15) is 21.7 Å². The number of carbonyl (C=O) groups is 1. The summed E-state index contributed by atoms with van der Waals surface area (Å²) < 4.78 is 0. The fourth-order valence-corrected chi connectivity index (χ4v) is 1.44. The highest BCUT2D eigenvalue weighted by atomic mass is 16.4. The predicted octanol–water partition coefficient (Wildman–Crippen LogP) is 1.58. The molecule has 0 fully saturated rings. The van der Waals surface area contributed by atoms with Gasteiger partial charge >= 0.3 is 5.97 Å². The number of hydrogen-bond acceptors (Lipinski definition) is 3. The van der Waals surface area contributed by atoms with Crippen LogP contribution in [0.3, 0.4) is 0 Å². The lowest BCUT2D eigenvalue weighted by Crippen LogP contribution is -2.02. The summed E-state index contributed by atoms with van der Waals surface area (Å²) in [5.74, 6) is -1.06. The van der Waals surface area contributed by atoms with E-state index in [0.717, 1.165) is 11.3 Å². The van der Waals surface area contributed by atoms with E-state index in [2.05, 4.69) is 10.2 Å². The highest BCUT2D eigenvalue weighted by Crippen LogP contribution is 2.10. The molecular formula is C11H11N3O2. The van der Waals surface area contributed by atoms with Gasteiger partial charge in [-0.05, 0) is 31.5 Å². The molecule has 0 bridgehead atoms. The van der Waals surface area contributed by atoms with Gasteiger partial charge in [0.1, 0.15) is 0 Å². The first kappa shape index (κ1) is 10.4. The average molecular weight is 217 g/mol. The fraction of sp³-hybridized carbons (Fsp3) is 0.182. The SMILES string of the molecule is Cc1cccc(-n2nc(C)c(C(=O)O)n2)c1. The molecule has 0 saturated carbocycles. The van der Waals surface area contributed by atoms with E-state index in [0.29, 0.717) is 5.69 Å². The van der Waals surface area contributed by atoms with Crippen LogP contribution in [0, 0.1) is 13.8 Å². The van der Waals surface area contributed by atoms with Gasteiger partial charge in [0.2, 0.25) is 0 Å². The minimum Gasteiger partial charge on any atom is -0.476 e. The Morgan fingerprint density at radius 1 is 1.31 bits per heavy atom. The lowest BCUT2D eigenvalue weighted by atomic mass is 10.2. The Balaban J connectivity index is 2.49. The van der Waals surface area contributed by atoms with E-state index in [-0.39, 0.29) is 5.69 Å². The molecule has 5 nitrogen and oxygen atoms in total. The van der Waals surface area contributed by atoms with Crippen molar-refractivity contribution in [3.05, 3.63) is 41.2 Å². The zero-order valence-corrected chi connectivity index (χ0v) is 9.01. The number of aromatic carboxylic acids is 1. The van der Waals surface area contributed by atoms with E-state index >= 15 is 0 Å². The van der Waals surface area contributed by atoms with Crippen LogP contribution in [-0.2, 0) is 0 Å². The van der Waals surface area contributed by atoms with Crippen LogP contribution in [0.5, 0.6) is 0 Å². The minimum absolute atomic E-state index is 0.0125. The van der Waals surface area contributed by atoms with Gasteiger partial charge in [-0.15, -0.1) is 5.10 Å². The summed E-state index contributed by atoms with van der Waals surface area (Å²) >= 11 is 0. The number of nitrogens with zero attached hydrogens (tertiary/aromatic N) is 3. The van der Waals surface area contributed by atoms with E-state index in [1.807, 2.05) is 31.2 Å². The number of aryl methyl sites for hydroxylation is 2. The first-order valence-corrected chi connectivity index (χ1v) is 4.82. The van der Waals surface area contributed by atoms with Crippen LogP contribution >= 0.6 is 0 Å². The molecule has 0 aliphatic rings. The molecule has 0 radical (unpaired) electrons. The van der Waals surface area contributed by atoms with Gasteiger partial charge < -0.3 is 5.11 Å². The van der Waals surface area contributed by atoms with Gasteiger partial charge in [-0.3, -0.25) is 0 Å². The first-order valence-electron chi connectivity index (χ1n) is 4.82. The van der Waals surface area contributed by atoms with Gasteiger partial charge in [-0.1, -0.05) is 12.1 Å². The zero-order chi connectivity index (χ0) is 11.7. The quantitative estimate of drug-likeness (QED) is 0.829. The number of carboxylic acid groups (broad SMARTS) is 1. The lowest BCUT2D eigenvalue weighted by molar-refractivity contribution is 0.0689. The van der Waals surface area contributed by atoms with Gasteiger partial charge in [0.15, 0.2) is 5.69 Å². The Morgan fingerprint density at radius 2 is 2.06 bits per heavy atom. The highest BCUT2D eigenvalue weighted by molar-refractivity contribution is 5.86. The Labute approximate surface area is 92.3 Å². The second kappa shape index (κ2) is 3.77. The van der Waals surface area contributed by atoms with Crippen molar-refractivity contribution < 1.29 is 9.90 Å². The maximum absolute atomic E-state index is 10.8. The average Bonchev–Trinajstić information content (AvgIpc) is 2.60. The van der Waals surface area contributed by atoms with Crippen LogP contribution in [0.15, 0.2) is 24.3 Å². The lowest BCUT2D eigenvalue weighted by Gasteiger charge is -1.99. The standard InChI is InChI=1S/C11H11N3O2/c1-7-4-3-5-9(6-7)14-12-8(2)10(13-14)11(15)16/h3-6H,1-2H3,(H,15,16). The summed E-state index contributed by atoms with van der Waals surface area (Å²) in [6, 6.07) is 7.56. The van der Waals surface area contributed by atoms with Gasteiger partial charge in [0.25, 0.3) is 0 Å². The van der Waals surface area contributed by atoms with Crippen LogP contribution < -0.4 is 0 Å². The largest absolute Gasteiger partial charge is 0.476 e. The topological polar surface area (TPSA) is 68.0 Å². The van der Waals surface area contributed by atoms with Crippen molar-refractivity contribution in [1.29, 1.82) is 0 Å². The Morgan fingerprint density at radius 3 is 2.62 bits per heavy atom. The van der Waals surface area contributed by atoms with Crippen molar-refractivity contribution in [2.75, 3.05) is 0 Å². The van der Waals surface area contributed by atoms with Crippen molar-refractivity contribution in [2.24, 2.45) is 0 Å². The van der Waals surface area contributed by atoms with Gasteiger partial charge in [0, 0.05) is 0 Å².